The van der Waals surface area contributed by atoms with Gasteiger partial charge in [-0.1, -0.05) is 26.7 Å². The summed E-state index contributed by atoms with van der Waals surface area (Å²) in [5.74, 6) is 1.97. The minimum atomic E-state index is -1.08. The van der Waals surface area contributed by atoms with Crippen molar-refractivity contribution in [1.82, 2.24) is 0 Å². The van der Waals surface area contributed by atoms with Gasteiger partial charge in [-0.3, -0.25) is 0 Å². The third-order valence-electron chi connectivity index (χ3n) is 7.29. The van der Waals surface area contributed by atoms with E-state index in [2.05, 4.69) is 47.8 Å². The molecule has 29 heavy (non-hydrogen) atoms. The van der Waals surface area contributed by atoms with Gasteiger partial charge in [-0.2, -0.15) is 4.57 Å². The van der Waals surface area contributed by atoms with Crippen molar-refractivity contribution in [2.24, 2.45) is 17.8 Å². The third-order valence-corrected chi connectivity index (χ3v) is 7.29. The van der Waals surface area contributed by atoms with Crippen LogP contribution in [0.5, 0.6) is 0 Å². The maximum atomic E-state index is 8.89. The molecule has 0 aromatic carbocycles. The number of unbranched alkanes of at least 4 members (excludes halogenated alkanes) is 2. The van der Waals surface area contributed by atoms with E-state index >= 15 is 0 Å². The molecule has 4 aliphatic rings. The van der Waals surface area contributed by atoms with Crippen LogP contribution in [0, 0.1) is 17.8 Å². The van der Waals surface area contributed by atoms with Gasteiger partial charge in [-0.15, -0.1) is 0 Å². The number of nitrogens with zero attached hydrogens (tertiary/aromatic N) is 2. The number of anilines is 1. The first-order chi connectivity index (χ1) is 14.0. The van der Waals surface area contributed by atoms with Gasteiger partial charge in [0.25, 0.3) is 0 Å². The van der Waals surface area contributed by atoms with E-state index in [9.17, 15) is 0 Å². The van der Waals surface area contributed by atoms with Crippen LogP contribution in [0.2, 0.25) is 0 Å². The lowest BCUT2D eigenvalue weighted by molar-refractivity contribution is -0.776. The van der Waals surface area contributed by atoms with Crippen molar-refractivity contribution in [2.45, 2.75) is 90.5 Å². The van der Waals surface area contributed by atoms with Gasteiger partial charge in [0.1, 0.15) is 0 Å². The van der Waals surface area contributed by atoms with E-state index in [0.717, 1.165) is 24.7 Å². The van der Waals surface area contributed by atoms with E-state index in [-0.39, 0.29) is 0 Å². The molecule has 4 bridgehead atoms. The lowest BCUT2D eigenvalue weighted by Crippen LogP contribution is -2.64. The fourth-order valence-electron chi connectivity index (χ4n) is 6.39. The first kappa shape index (κ1) is 22.1. The largest absolute Gasteiger partial charge is 0.550 e. The predicted octanol–water partition coefficient (Wildman–Crippen LogP) is 4.06. The molecule has 0 atom stereocenters. The summed E-state index contributed by atoms with van der Waals surface area (Å²) < 4.78 is 2.62. The summed E-state index contributed by atoms with van der Waals surface area (Å²) in [5, 5.41) is 8.89. The fraction of sp³-hybridized carbons (Fsp3) is 0.760. The van der Waals surface area contributed by atoms with Crippen LogP contribution in [0.1, 0.15) is 85.0 Å². The molecule has 4 fully saturated rings. The van der Waals surface area contributed by atoms with Gasteiger partial charge < -0.3 is 14.8 Å². The van der Waals surface area contributed by atoms with Crippen LogP contribution < -0.4 is 14.6 Å². The first-order valence-electron chi connectivity index (χ1n) is 11.9. The third kappa shape index (κ3) is 5.52. The number of aliphatic carboxylic acids is 1. The molecule has 4 saturated carbocycles. The van der Waals surface area contributed by atoms with Crippen LogP contribution in [0.3, 0.4) is 0 Å². The van der Waals surface area contributed by atoms with Crippen LogP contribution in [0.15, 0.2) is 24.5 Å². The van der Waals surface area contributed by atoms with E-state index < -0.39 is 5.97 Å². The molecule has 1 aromatic heterocycles. The van der Waals surface area contributed by atoms with Crippen molar-refractivity contribution < 1.29 is 14.5 Å². The Bertz CT molecular complexity index is 608. The van der Waals surface area contributed by atoms with Crippen LogP contribution in [-0.2, 0) is 10.3 Å². The molecule has 0 amide bonds. The minimum Gasteiger partial charge on any atom is -0.550 e. The molecule has 162 valence electrons. The minimum absolute atomic E-state index is 0.463. The van der Waals surface area contributed by atoms with Gasteiger partial charge in [0.2, 0.25) is 0 Å². The Hall–Kier alpha value is -1.58. The molecule has 4 nitrogen and oxygen atoms in total. The zero-order valence-corrected chi connectivity index (χ0v) is 18.7. The number of carboxylic acid groups (broad SMARTS) is 1. The number of pyridine rings is 1. The number of rotatable bonds is 8. The van der Waals surface area contributed by atoms with E-state index in [0.29, 0.717) is 5.54 Å². The molecule has 1 aromatic rings. The van der Waals surface area contributed by atoms with Gasteiger partial charge in [-0.25, -0.2) is 0 Å². The SMILES string of the molecule is CC(=O)[O-].CCCCN(CCCC)c1cc[n+](C23CC4CC(CC(C4)C2)C3)cc1. The Morgan fingerprint density at radius 2 is 1.41 bits per heavy atom. The molecule has 5 rings (SSSR count). The highest BCUT2D eigenvalue weighted by Crippen LogP contribution is 2.56. The summed E-state index contributed by atoms with van der Waals surface area (Å²) in [4.78, 5) is 11.5. The van der Waals surface area contributed by atoms with Crippen molar-refractivity contribution in [3.05, 3.63) is 24.5 Å². The summed E-state index contributed by atoms with van der Waals surface area (Å²) in [5.41, 5.74) is 1.90. The second-order valence-electron chi connectivity index (χ2n) is 9.79. The topological polar surface area (TPSA) is 47.2 Å². The summed E-state index contributed by atoms with van der Waals surface area (Å²) in [6, 6.07) is 4.81. The average Bonchev–Trinajstić information content (AvgIpc) is 2.67. The molecular weight excluding hydrogens is 360 g/mol. The highest BCUT2D eigenvalue weighted by Gasteiger charge is 2.56. The summed E-state index contributed by atoms with van der Waals surface area (Å²) in [7, 11) is 0. The van der Waals surface area contributed by atoms with Gasteiger partial charge in [0.15, 0.2) is 17.9 Å². The lowest BCUT2D eigenvalue weighted by Gasteiger charge is -2.53. The lowest BCUT2D eigenvalue weighted by atomic mass is 9.53. The molecule has 4 heteroatoms. The maximum Gasteiger partial charge on any atom is 0.171 e. The van der Waals surface area contributed by atoms with E-state index in [1.54, 1.807) is 0 Å². The van der Waals surface area contributed by atoms with Crippen LogP contribution in [0.4, 0.5) is 5.69 Å². The summed E-state index contributed by atoms with van der Waals surface area (Å²) >= 11 is 0. The normalized spacial score (nSPS) is 29.3. The first-order valence-corrected chi connectivity index (χ1v) is 11.9. The zero-order chi connectivity index (χ0) is 20.9. The molecule has 0 spiro atoms. The summed E-state index contributed by atoms with van der Waals surface area (Å²) in [6.45, 7) is 7.98. The monoisotopic (exact) mass is 400 g/mol. The molecule has 1 heterocycles. The van der Waals surface area contributed by atoms with E-state index in [4.69, 9.17) is 9.90 Å². The van der Waals surface area contributed by atoms with Crippen LogP contribution >= 0.6 is 0 Å². The molecule has 4 aliphatic carbocycles. The van der Waals surface area contributed by atoms with Gasteiger partial charge in [0.05, 0.1) is 0 Å². The van der Waals surface area contributed by atoms with Gasteiger partial charge in [0, 0.05) is 56.1 Å². The van der Waals surface area contributed by atoms with Crippen molar-refractivity contribution >= 4 is 11.7 Å². The average molecular weight is 401 g/mol. The Kier molecular flexibility index (Phi) is 7.59. The van der Waals surface area contributed by atoms with E-state index in [1.807, 2.05) is 0 Å². The van der Waals surface area contributed by atoms with Crippen molar-refractivity contribution in [3.8, 4) is 0 Å². The van der Waals surface area contributed by atoms with E-state index in [1.165, 1.54) is 83.0 Å². The van der Waals surface area contributed by atoms with Gasteiger partial charge >= 0.3 is 0 Å². The second-order valence-corrected chi connectivity index (χ2v) is 9.79. The molecule has 0 radical (unpaired) electrons. The van der Waals surface area contributed by atoms with Crippen molar-refractivity contribution in [1.29, 1.82) is 0 Å². The maximum absolute atomic E-state index is 8.89. The number of carbonyl (C=O) groups is 1. The molecule has 0 N–H and O–H groups in total. The standard InChI is InChI=1S/C23H37N2.C2H4O2/c1-3-5-9-24(10-6-4-2)22-7-11-25(12-8-22)23-16-19-13-20(17-23)15-21(14-19)18-23;1-2(3)4/h7-8,11-12,19-21H,3-6,9-10,13-18H2,1-2H3;1H3,(H,3,4)/q+1;/p-1. The smallest absolute Gasteiger partial charge is 0.171 e. The van der Waals surface area contributed by atoms with Crippen LogP contribution in [-0.4, -0.2) is 19.1 Å². The molecule has 0 saturated heterocycles. The molecule has 0 unspecified atom stereocenters. The Morgan fingerprint density at radius 1 is 1.00 bits per heavy atom. The van der Waals surface area contributed by atoms with Crippen molar-refractivity contribution in [3.63, 3.8) is 0 Å². The molecule has 0 aliphatic heterocycles. The predicted molar refractivity (Wildman–Crippen MR) is 115 cm³/mol. The zero-order valence-electron chi connectivity index (χ0n) is 18.7. The fourth-order valence-corrected chi connectivity index (χ4v) is 6.39. The Morgan fingerprint density at radius 3 is 1.79 bits per heavy atom. The summed E-state index contributed by atoms with van der Waals surface area (Å²) in [6.07, 6.45) is 18.9. The van der Waals surface area contributed by atoms with Gasteiger partial charge in [-0.05, 0) is 56.8 Å². The highest BCUT2D eigenvalue weighted by molar-refractivity contribution is 5.60. The number of carboxylic acids is 1. The number of carbonyl (C=O) groups excluding carboxylic acids is 1. The Balaban J connectivity index is 0.000000552. The number of hydrogen-bond acceptors (Lipinski definition) is 3. The molecular formula is C25H40N2O2. The quantitative estimate of drug-likeness (QED) is 0.618. The second kappa shape index (κ2) is 9.95. The van der Waals surface area contributed by atoms with Crippen molar-refractivity contribution in [2.75, 3.05) is 18.0 Å². The Labute approximate surface area is 177 Å². The highest BCUT2D eigenvalue weighted by atomic mass is 16.4. The number of hydrogen-bond donors (Lipinski definition) is 0. The number of aromatic nitrogens is 1. The van der Waals surface area contributed by atoms with Crippen LogP contribution in [0.25, 0.3) is 0 Å².